The zero-order chi connectivity index (χ0) is 28.1. The lowest BCUT2D eigenvalue weighted by molar-refractivity contribution is 0.0697. The SMILES string of the molecule is CC(C)c1onc(COc2ccc3ccccc3c2)c1COc1ccc(/C=C/c2cccc(C(=O)O)c2)c(Cl)c1. The summed E-state index contributed by atoms with van der Waals surface area (Å²) >= 11 is 6.53. The number of aromatic nitrogens is 1. The van der Waals surface area contributed by atoms with Gasteiger partial charge in [-0.1, -0.05) is 85.2 Å². The summed E-state index contributed by atoms with van der Waals surface area (Å²) in [5.74, 6) is 1.27. The average molecular weight is 554 g/mol. The molecule has 0 aliphatic heterocycles. The van der Waals surface area contributed by atoms with Crippen molar-refractivity contribution in [2.45, 2.75) is 33.0 Å². The van der Waals surface area contributed by atoms with Crippen LogP contribution in [0.4, 0.5) is 0 Å². The monoisotopic (exact) mass is 553 g/mol. The van der Waals surface area contributed by atoms with Crippen LogP contribution < -0.4 is 9.47 Å². The van der Waals surface area contributed by atoms with Crippen molar-refractivity contribution < 1.29 is 23.9 Å². The van der Waals surface area contributed by atoms with E-state index in [1.807, 2.05) is 74.5 Å². The summed E-state index contributed by atoms with van der Waals surface area (Å²) < 4.78 is 17.8. The summed E-state index contributed by atoms with van der Waals surface area (Å²) in [5.41, 5.74) is 3.32. The van der Waals surface area contributed by atoms with Crippen molar-refractivity contribution in [3.05, 3.63) is 124 Å². The second-order valence-corrected chi connectivity index (χ2v) is 10.1. The fourth-order valence-electron chi connectivity index (χ4n) is 4.34. The fourth-order valence-corrected chi connectivity index (χ4v) is 4.57. The van der Waals surface area contributed by atoms with Gasteiger partial charge in [0.1, 0.15) is 36.2 Å². The number of hydrogen-bond acceptors (Lipinski definition) is 5. The Bertz CT molecular complexity index is 1690. The van der Waals surface area contributed by atoms with E-state index in [4.69, 9.17) is 25.6 Å². The highest BCUT2D eigenvalue weighted by Crippen LogP contribution is 2.29. The van der Waals surface area contributed by atoms with Crippen LogP contribution in [0, 0.1) is 0 Å². The third-order valence-electron chi connectivity index (χ3n) is 6.46. The smallest absolute Gasteiger partial charge is 0.335 e. The van der Waals surface area contributed by atoms with E-state index in [1.54, 1.807) is 24.3 Å². The number of hydrogen-bond donors (Lipinski definition) is 1. The third kappa shape index (κ3) is 6.35. The molecule has 0 bridgehead atoms. The quantitative estimate of drug-likeness (QED) is 0.174. The molecule has 0 saturated heterocycles. The van der Waals surface area contributed by atoms with Gasteiger partial charge in [0.15, 0.2) is 0 Å². The Labute approximate surface area is 237 Å². The first kappa shape index (κ1) is 27.0. The Balaban J connectivity index is 1.27. The molecule has 202 valence electrons. The van der Waals surface area contributed by atoms with Gasteiger partial charge < -0.3 is 19.1 Å². The highest BCUT2D eigenvalue weighted by atomic mass is 35.5. The van der Waals surface area contributed by atoms with Crippen LogP contribution in [0.5, 0.6) is 11.5 Å². The number of nitrogens with zero attached hydrogens (tertiary/aromatic N) is 1. The predicted octanol–water partition coefficient (Wildman–Crippen LogP) is 8.63. The van der Waals surface area contributed by atoms with Crippen molar-refractivity contribution in [1.29, 1.82) is 0 Å². The zero-order valence-electron chi connectivity index (χ0n) is 22.1. The molecule has 0 saturated carbocycles. The van der Waals surface area contributed by atoms with Crippen LogP contribution >= 0.6 is 11.6 Å². The molecule has 7 heteroatoms. The maximum atomic E-state index is 11.2. The minimum absolute atomic E-state index is 0.122. The second-order valence-electron chi connectivity index (χ2n) is 9.66. The molecule has 0 atom stereocenters. The first-order chi connectivity index (χ1) is 19.4. The maximum absolute atomic E-state index is 11.2. The van der Waals surface area contributed by atoms with Gasteiger partial charge >= 0.3 is 5.97 Å². The third-order valence-corrected chi connectivity index (χ3v) is 6.79. The Morgan fingerprint density at radius 2 is 1.65 bits per heavy atom. The van der Waals surface area contributed by atoms with Gasteiger partial charge in [-0.2, -0.15) is 0 Å². The molecular formula is C33H28ClNO5. The molecule has 6 nitrogen and oxygen atoms in total. The molecule has 5 aromatic rings. The number of halogens is 1. The van der Waals surface area contributed by atoms with Crippen LogP contribution in [0.1, 0.15) is 58.3 Å². The molecule has 0 radical (unpaired) electrons. The number of aromatic carboxylic acids is 1. The molecule has 0 fully saturated rings. The number of ether oxygens (including phenoxy) is 2. The van der Waals surface area contributed by atoms with Crippen molar-refractivity contribution in [2.75, 3.05) is 0 Å². The fraction of sp³-hybridized carbons (Fsp3) is 0.152. The highest BCUT2D eigenvalue weighted by Gasteiger charge is 2.20. The predicted molar refractivity (Wildman–Crippen MR) is 157 cm³/mol. The van der Waals surface area contributed by atoms with Crippen LogP contribution in [-0.2, 0) is 13.2 Å². The van der Waals surface area contributed by atoms with Gasteiger partial charge in [0, 0.05) is 5.92 Å². The molecule has 0 aliphatic carbocycles. The summed E-state index contributed by atoms with van der Waals surface area (Å²) in [6.45, 7) is 4.59. The number of rotatable bonds is 10. The van der Waals surface area contributed by atoms with Crippen molar-refractivity contribution in [3.8, 4) is 11.5 Å². The van der Waals surface area contributed by atoms with E-state index in [-0.39, 0.29) is 24.7 Å². The summed E-state index contributed by atoms with van der Waals surface area (Å²) in [4.78, 5) is 11.2. The summed E-state index contributed by atoms with van der Waals surface area (Å²) in [5, 5.41) is 16.2. The topological polar surface area (TPSA) is 81.8 Å². The molecule has 4 aromatic carbocycles. The summed E-state index contributed by atoms with van der Waals surface area (Å²) in [6, 6.07) is 26.3. The van der Waals surface area contributed by atoms with Crippen molar-refractivity contribution in [1.82, 2.24) is 5.16 Å². The lowest BCUT2D eigenvalue weighted by Gasteiger charge is -2.11. The van der Waals surface area contributed by atoms with Gasteiger partial charge in [0.05, 0.1) is 16.1 Å². The standard InChI is InChI=1S/C33H28ClNO5/c1-21(2)32-29(31(35-40-32)20-39-27-14-12-23-7-3-4-8-25(23)17-27)19-38-28-15-13-24(30(34)18-28)11-10-22-6-5-9-26(16-22)33(36)37/h3-18,21H,19-20H2,1-2H3,(H,36,37)/b11-10+. The van der Waals surface area contributed by atoms with Gasteiger partial charge in [0.2, 0.25) is 0 Å². The molecule has 0 spiro atoms. The van der Waals surface area contributed by atoms with Crippen LogP contribution in [0.2, 0.25) is 5.02 Å². The Hall–Kier alpha value is -4.55. The zero-order valence-corrected chi connectivity index (χ0v) is 22.9. The van der Waals surface area contributed by atoms with E-state index in [0.717, 1.165) is 39.0 Å². The minimum Gasteiger partial charge on any atom is -0.489 e. The normalized spacial score (nSPS) is 11.4. The van der Waals surface area contributed by atoms with E-state index < -0.39 is 5.97 Å². The van der Waals surface area contributed by atoms with Crippen LogP contribution in [0.15, 0.2) is 89.5 Å². The molecule has 0 aliphatic rings. The molecule has 40 heavy (non-hydrogen) atoms. The lowest BCUT2D eigenvalue weighted by Crippen LogP contribution is -2.05. The average Bonchev–Trinajstić information content (AvgIpc) is 3.37. The minimum atomic E-state index is -0.966. The van der Waals surface area contributed by atoms with E-state index in [9.17, 15) is 9.90 Å². The summed E-state index contributed by atoms with van der Waals surface area (Å²) in [7, 11) is 0. The summed E-state index contributed by atoms with van der Waals surface area (Å²) in [6.07, 6.45) is 3.66. The Morgan fingerprint density at radius 1 is 0.900 bits per heavy atom. The van der Waals surface area contributed by atoms with Crippen molar-refractivity contribution in [3.63, 3.8) is 0 Å². The van der Waals surface area contributed by atoms with E-state index >= 15 is 0 Å². The number of fused-ring (bicyclic) bond motifs is 1. The van der Waals surface area contributed by atoms with Gasteiger partial charge in [-0.15, -0.1) is 0 Å². The molecule has 1 N–H and O–H groups in total. The first-order valence-corrected chi connectivity index (χ1v) is 13.3. The molecule has 0 amide bonds. The van der Waals surface area contributed by atoms with Crippen LogP contribution in [-0.4, -0.2) is 16.2 Å². The van der Waals surface area contributed by atoms with Gasteiger partial charge in [-0.05, 0) is 64.4 Å². The lowest BCUT2D eigenvalue weighted by atomic mass is 10.1. The second kappa shape index (κ2) is 12.1. The van der Waals surface area contributed by atoms with Crippen LogP contribution in [0.25, 0.3) is 22.9 Å². The Kier molecular flexibility index (Phi) is 8.18. The van der Waals surface area contributed by atoms with E-state index in [2.05, 4.69) is 17.3 Å². The van der Waals surface area contributed by atoms with E-state index in [1.165, 1.54) is 0 Å². The van der Waals surface area contributed by atoms with Gasteiger partial charge in [-0.25, -0.2) is 4.79 Å². The number of benzene rings is 4. The van der Waals surface area contributed by atoms with Gasteiger partial charge in [-0.3, -0.25) is 0 Å². The number of carboxylic acid groups (broad SMARTS) is 1. The van der Waals surface area contributed by atoms with E-state index in [0.29, 0.717) is 16.5 Å². The van der Waals surface area contributed by atoms with Crippen molar-refractivity contribution in [2.24, 2.45) is 0 Å². The maximum Gasteiger partial charge on any atom is 0.335 e. The largest absolute Gasteiger partial charge is 0.489 e. The molecule has 0 unspecified atom stereocenters. The molecule has 1 heterocycles. The molecular weight excluding hydrogens is 526 g/mol. The van der Waals surface area contributed by atoms with Gasteiger partial charge in [0.25, 0.3) is 0 Å². The molecule has 1 aromatic heterocycles. The molecule has 5 rings (SSSR count). The number of carboxylic acids is 1. The number of carbonyl (C=O) groups is 1. The van der Waals surface area contributed by atoms with Crippen LogP contribution in [0.3, 0.4) is 0 Å². The first-order valence-electron chi connectivity index (χ1n) is 12.9. The Morgan fingerprint density at radius 3 is 2.42 bits per heavy atom. The van der Waals surface area contributed by atoms with Crippen molar-refractivity contribution >= 4 is 40.5 Å². The highest BCUT2D eigenvalue weighted by molar-refractivity contribution is 6.32.